The van der Waals surface area contributed by atoms with E-state index in [9.17, 15) is 9.59 Å². The van der Waals surface area contributed by atoms with Gasteiger partial charge < -0.3 is 15.2 Å². The summed E-state index contributed by atoms with van der Waals surface area (Å²) in [4.78, 5) is 27.7. The van der Waals surface area contributed by atoms with Gasteiger partial charge in [0.1, 0.15) is 11.7 Å². The Kier molecular flexibility index (Phi) is 4.11. The number of fused-ring (bicyclic) bond motifs is 1. The number of pyridine rings is 1. The lowest BCUT2D eigenvalue weighted by molar-refractivity contribution is -0.139. The minimum absolute atomic E-state index is 0.306. The van der Waals surface area contributed by atoms with Crippen molar-refractivity contribution in [2.24, 2.45) is 0 Å². The number of rotatable bonds is 5. The molecule has 21 heavy (non-hydrogen) atoms. The summed E-state index contributed by atoms with van der Waals surface area (Å²) in [6.07, 6.45) is 1.99. The molecule has 0 fully saturated rings. The fourth-order valence-electron chi connectivity index (χ4n) is 2.15. The van der Waals surface area contributed by atoms with Crippen LogP contribution in [0.1, 0.15) is 29.5 Å². The van der Waals surface area contributed by atoms with Crippen LogP contribution < -0.4 is 10.1 Å². The molecule has 112 valence electrons. The molecule has 0 aliphatic heterocycles. The van der Waals surface area contributed by atoms with Crippen molar-refractivity contribution in [3.05, 3.63) is 29.7 Å². The number of carbonyl (C=O) groups excluding carboxylic acids is 1. The number of amides is 1. The lowest BCUT2D eigenvalue weighted by Crippen LogP contribution is -2.40. The third-order valence-electron chi connectivity index (χ3n) is 3.24. The molecule has 0 radical (unpaired) electrons. The maximum Gasteiger partial charge on any atom is 0.326 e. The smallest absolute Gasteiger partial charge is 0.326 e. The summed E-state index contributed by atoms with van der Waals surface area (Å²) in [6.45, 7) is 3.40. The predicted molar refractivity (Wildman–Crippen MR) is 75.7 cm³/mol. The topological polar surface area (TPSA) is 92.9 Å². The molecule has 0 bridgehead atoms. The lowest BCUT2D eigenvalue weighted by Gasteiger charge is -2.12. The zero-order valence-corrected chi connectivity index (χ0v) is 12.1. The third-order valence-corrected chi connectivity index (χ3v) is 3.24. The molecule has 2 rings (SSSR count). The number of imidazole rings is 1. The summed E-state index contributed by atoms with van der Waals surface area (Å²) in [6, 6.07) is 2.56. The van der Waals surface area contributed by atoms with Gasteiger partial charge in [0.15, 0.2) is 11.4 Å². The van der Waals surface area contributed by atoms with E-state index in [2.05, 4.69) is 10.3 Å². The first-order chi connectivity index (χ1) is 9.99. The van der Waals surface area contributed by atoms with Crippen LogP contribution in [0.4, 0.5) is 0 Å². The van der Waals surface area contributed by atoms with E-state index in [1.54, 1.807) is 36.6 Å². The van der Waals surface area contributed by atoms with Gasteiger partial charge in [0, 0.05) is 6.20 Å². The van der Waals surface area contributed by atoms with E-state index in [0.717, 1.165) is 0 Å². The summed E-state index contributed by atoms with van der Waals surface area (Å²) < 4.78 is 6.80. The Morgan fingerprint density at radius 2 is 2.24 bits per heavy atom. The highest BCUT2D eigenvalue weighted by molar-refractivity contribution is 5.97. The Hall–Kier alpha value is -2.57. The Bertz CT molecular complexity index is 693. The molecule has 0 saturated carbocycles. The Morgan fingerprint density at radius 3 is 2.81 bits per heavy atom. The maximum absolute atomic E-state index is 12.3. The highest BCUT2D eigenvalue weighted by Crippen LogP contribution is 2.21. The molecule has 1 amide bonds. The van der Waals surface area contributed by atoms with Crippen LogP contribution in [0.25, 0.3) is 5.65 Å². The quantitative estimate of drug-likeness (QED) is 0.864. The van der Waals surface area contributed by atoms with Crippen molar-refractivity contribution in [2.75, 3.05) is 7.11 Å². The van der Waals surface area contributed by atoms with Crippen molar-refractivity contribution in [1.82, 2.24) is 14.7 Å². The number of nitrogens with one attached hydrogen (secondary N) is 1. The van der Waals surface area contributed by atoms with Gasteiger partial charge >= 0.3 is 5.97 Å². The second kappa shape index (κ2) is 5.82. The SMILES string of the molecule is CCC(NC(=O)c1c(C)nc2c(OC)cccn12)C(=O)O. The van der Waals surface area contributed by atoms with Gasteiger partial charge in [0.25, 0.3) is 5.91 Å². The minimum Gasteiger partial charge on any atom is -0.493 e. The molecule has 2 heterocycles. The molecule has 0 aliphatic rings. The van der Waals surface area contributed by atoms with Crippen molar-refractivity contribution in [3.63, 3.8) is 0 Å². The van der Waals surface area contributed by atoms with E-state index in [0.29, 0.717) is 29.2 Å². The van der Waals surface area contributed by atoms with E-state index in [1.165, 1.54) is 7.11 Å². The Labute approximate surface area is 121 Å². The molecule has 0 spiro atoms. The van der Waals surface area contributed by atoms with Crippen LogP contribution in [-0.2, 0) is 4.79 Å². The average Bonchev–Trinajstić information content (AvgIpc) is 2.79. The molecule has 2 N–H and O–H groups in total. The monoisotopic (exact) mass is 291 g/mol. The molecule has 1 unspecified atom stereocenters. The number of carboxylic acids is 1. The van der Waals surface area contributed by atoms with Crippen LogP contribution in [0.5, 0.6) is 5.75 Å². The van der Waals surface area contributed by atoms with Crippen LogP contribution >= 0.6 is 0 Å². The van der Waals surface area contributed by atoms with Crippen LogP contribution in [0.2, 0.25) is 0 Å². The van der Waals surface area contributed by atoms with Crippen LogP contribution in [0, 0.1) is 6.92 Å². The second-order valence-corrected chi connectivity index (χ2v) is 4.59. The molecular formula is C14H17N3O4. The number of hydrogen-bond acceptors (Lipinski definition) is 4. The third kappa shape index (κ3) is 2.67. The first kappa shape index (κ1) is 14.8. The van der Waals surface area contributed by atoms with Crippen molar-refractivity contribution < 1.29 is 19.4 Å². The van der Waals surface area contributed by atoms with Gasteiger partial charge in [-0.05, 0) is 25.5 Å². The van der Waals surface area contributed by atoms with Gasteiger partial charge in [0.2, 0.25) is 0 Å². The van der Waals surface area contributed by atoms with Crippen molar-refractivity contribution in [1.29, 1.82) is 0 Å². The number of carboxylic acid groups (broad SMARTS) is 1. The van der Waals surface area contributed by atoms with Gasteiger partial charge in [0.05, 0.1) is 12.8 Å². The van der Waals surface area contributed by atoms with E-state index in [-0.39, 0.29) is 0 Å². The van der Waals surface area contributed by atoms with Gasteiger partial charge in [-0.25, -0.2) is 9.78 Å². The molecule has 2 aromatic rings. The van der Waals surface area contributed by atoms with E-state index < -0.39 is 17.9 Å². The molecule has 0 aliphatic carbocycles. The van der Waals surface area contributed by atoms with E-state index >= 15 is 0 Å². The number of methoxy groups -OCH3 is 1. The summed E-state index contributed by atoms with van der Waals surface area (Å²) in [5, 5.41) is 11.5. The summed E-state index contributed by atoms with van der Waals surface area (Å²) in [5.74, 6) is -0.984. The number of nitrogens with zero attached hydrogens (tertiary/aromatic N) is 2. The second-order valence-electron chi connectivity index (χ2n) is 4.59. The van der Waals surface area contributed by atoms with Crippen molar-refractivity contribution in [3.8, 4) is 5.75 Å². The fourth-order valence-corrected chi connectivity index (χ4v) is 2.15. The number of aliphatic carboxylic acids is 1. The normalized spacial score (nSPS) is 12.1. The minimum atomic E-state index is -1.06. The number of hydrogen-bond donors (Lipinski definition) is 2. The van der Waals surface area contributed by atoms with Gasteiger partial charge in [-0.3, -0.25) is 9.20 Å². The van der Waals surface area contributed by atoms with Crippen LogP contribution in [0.15, 0.2) is 18.3 Å². The lowest BCUT2D eigenvalue weighted by atomic mass is 10.2. The van der Waals surface area contributed by atoms with Crippen molar-refractivity contribution in [2.45, 2.75) is 26.3 Å². The van der Waals surface area contributed by atoms with Gasteiger partial charge in [-0.1, -0.05) is 6.92 Å². The summed E-state index contributed by atoms with van der Waals surface area (Å²) in [7, 11) is 1.52. The molecule has 1 atom stereocenters. The molecular weight excluding hydrogens is 274 g/mol. The predicted octanol–water partition coefficient (Wildman–Crippen LogP) is 1.24. The van der Waals surface area contributed by atoms with Crippen LogP contribution in [-0.4, -0.2) is 39.5 Å². The van der Waals surface area contributed by atoms with Crippen molar-refractivity contribution >= 4 is 17.5 Å². The maximum atomic E-state index is 12.3. The molecule has 7 heteroatoms. The Morgan fingerprint density at radius 1 is 1.52 bits per heavy atom. The molecule has 7 nitrogen and oxygen atoms in total. The highest BCUT2D eigenvalue weighted by atomic mass is 16.5. The van der Waals surface area contributed by atoms with Gasteiger partial charge in [-0.15, -0.1) is 0 Å². The zero-order valence-electron chi connectivity index (χ0n) is 12.1. The fraction of sp³-hybridized carbons (Fsp3) is 0.357. The zero-order chi connectivity index (χ0) is 15.6. The first-order valence-electron chi connectivity index (χ1n) is 6.54. The molecule has 0 aromatic carbocycles. The van der Waals surface area contributed by atoms with E-state index in [1.807, 2.05) is 0 Å². The average molecular weight is 291 g/mol. The first-order valence-corrected chi connectivity index (χ1v) is 6.54. The number of aryl methyl sites for hydroxylation is 1. The summed E-state index contributed by atoms with van der Waals surface area (Å²) in [5.41, 5.74) is 1.34. The number of aromatic nitrogens is 2. The summed E-state index contributed by atoms with van der Waals surface area (Å²) >= 11 is 0. The van der Waals surface area contributed by atoms with Gasteiger partial charge in [-0.2, -0.15) is 0 Å². The van der Waals surface area contributed by atoms with E-state index in [4.69, 9.17) is 9.84 Å². The number of ether oxygens (including phenoxy) is 1. The number of carbonyl (C=O) groups is 2. The molecule has 2 aromatic heterocycles. The standard InChI is InChI=1S/C14H17N3O4/c1-4-9(14(19)20)16-13(18)11-8(2)15-12-10(21-3)6-5-7-17(11)12/h5-7,9H,4H2,1-3H3,(H,16,18)(H,19,20). The van der Waals surface area contributed by atoms with Crippen LogP contribution in [0.3, 0.4) is 0 Å². The Balaban J connectivity index is 2.44. The highest BCUT2D eigenvalue weighted by Gasteiger charge is 2.23. The largest absolute Gasteiger partial charge is 0.493 e. The molecule has 0 saturated heterocycles.